The number of hydrogen-bond donors (Lipinski definition) is 4. The third-order valence-electron chi connectivity index (χ3n) is 4.60. The number of aliphatic carboxylic acids is 1. The summed E-state index contributed by atoms with van der Waals surface area (Å²) >= 11 is 0. The van der Waals surface area contributed by atoms with Crippen molar-refractivity contribution in [3.63, 3.8) is 0 Å². The zero-order chi connectivity index (χ0) is 27.0. The predicted octanol–water partition coefficient (Wildman–Crippen LogP) is 4.90. The Hall–Kier alpha value is -5.00. The zero-order valence-corrected chi connectivity index (χ0v) is 19.6. The van der Waals surface area contributed by atoms with Crippen molar-refractivity contribution in [1.29, 1.82) is 0 Å². The minimum absolute atomic E-state index is 0.0318. The molecule has 0 amide bonds. The van der Waals surface area contributed by atoms with Gasteiger partial charge < -0.3 is 15.3 Å². The van der Waals surface area contributed by atoms with Crippen molar-refractivity contribution in [3.05, 3.63) is 98.1 Å². The maximum absolute atomic E-state index is 11.3. The summed E-state index contributed by atoms with van der Waals surface area (Å²) in [6.45, 7) is 4.99. The van der Waals surface area contributed by atoms with Gasteiger partial charge in [0.1, 0.15) is 17.2 Å². The van der Waals surface area contributed by atoms with Crippen LogP contribution in [-0.4, -0.2) is 36.8 Å². The number of benzene rings is 3. The molecule has 188 valence electrons. The Labute approximate surface area is 205 Å². The Morgan fingerprint density at radius 3 is 1.64 bits per heavy atom. The highest BCUT2D eigenvalue weighted by Crippen LogP contribution is 2.29. The average molecular weight is 496 g/mol. The number of carboxylic acids is 1. The molecule has 0 unspecified atom stereocenters. The Morgan fingerprint density at radius 1 is 0.833 bits per heavy atom. The highest BCUT2D eigenvalue weighted by atomic mass is 16.6. The normalized spacial score (nSPS) is 10.4. The number of rotatable bonds is 6. The molecule has 0 saturated heterocycles. The van der Waals surface area contributed by atoms with Crippen LogP contribution in [0.5, 0.6) is 11.5 Å². The summed E-state index contributed by atoms with van der Waals surface area (Å²) in [6.07, 6.45) is 0. The smallest absolute Gasteiger partial charge is 0.308 e. The number of carbonyl (C=O) groups is 1. The van der Waals surface area contributed by atoms with Gasteiger partial charge in [-0.2, -0.15) is 5.10 Å². The average Bonchev–Trinajstić information content (AvgIpc) is 2.81. The summed E-state index contributed by atoms with van der Waals surface area (Å²) in [6, 6.07) is 15.4. The van der Waals surface area contributed by atoms with Gasteiger partial charge in [-0.25, -0.2) is 0 Å². The van der Waals surface area contributed by atoms with Crippen molar-refractivity contribution in [3.8, 4) is 11.5 Å². The molecule has 0 aromatic heterocycles. The maximum atomic E-state index is 11.3. The van der Waals surface area contributed by atoms with Gasteiger partial charge >= 0.3 is 11.7 Å². The van der Waals surface area contributed by atoms with Crippen molar-refractivity contribution in [2.45, 2.75) is 20.8 Å². The lowest BCUT2D eigenvalue weighted by Crippen LogP contribution is -2.18. The molecule has 0 aliphatic heterocycles. The van der Waals surface area contributed by atoms with E-state index in [1.807, 2.05) is 0 Å². The van der Waals surface area contributed by atoms with Gasteiger partial charge in [0, 0.05) is 17.2 Å². The van der Waals surface area contributed by atoms with Crippen molar-refractivity contribution >= 4 is 28.7 Å². The largest absolute Gasteiger partial charge is 0.508 e. The lowest BCUT2D eigenvalue weighted by atomic mass is 9.98. The number of phenolic OH excluding ortho intramolecular Hbond substituents is 2. The molecule has 3 aromatic carbocycles. The molecule has 0 spiro atoms. The summed E-state index contributed by atoms with van der Waals surface area (Å²) in [5.74, 6) is -0.650. The number of nitrogens with zero attached hydrogens (tertiary/aromatic N) is 3. The van der Waals surface area contributed by atoms with Crippen LogP contribution < -0.4 is 5.43 Å². The molecule has 12 heteroatoms. The first-order valence-corrected chi connectivity index (χ1v) is 10.4. The van der Waals surface area contributed by atoms with Crippen molar-refractivity contribution in [1.82, 2.24) is 0 Å². The molecule has 0 aliphatic rings. The van der Waals surface area contributed by atoms with Crippen LogP contribution in [0.3, 0.4) is 0 Å². The number of hydrazone groups is 1. The molecule has 0 radical (unpaired) electrons. The summed E-state index contributed by atoms with van der Waals surface area (Å²) in [5, 5.41) is 53.7. The summed E-state index contributed by atoms with van der Waals surface area (Å²) in [5.41, 5.74) is 2.61. The van der Waals surface area contributed by atoms with Gasteiger partial charge in [0.2, 0.25) is 0 Å². The van der Waals surface area contributed by atoms with Gasteiger partial charge in [0.25, 0.3) is 5.69 Å². The van der Waals surface area contributed by atoms with Gasteiger partial charge in [-0.3, -0.25) is 30.4 Å². The quantitative estimate of drug-likeness (QED) is 0.209. The number of anilines is 1. The molecule has 36 heavy (non-hydrogen) atoms. The van der Waals surface area contributed by atoms with E-state index in [0.29, 0.717) is 16.8 Å². The number of aromatic hydroxyl groups is 2. The Balaban J connectivity index is 0.000000572. The van der Waals surface area contributed by atoms with Crippen molar-refractivity contribution < 1.29 is 30.0 Å². The fraction of sp³-hybridized carbons (Fsp3) is 0.167. The van der Waals surface area contributed by atoms with E-state index in [-0.39, 0.29) is 17.2 Å². The minimum Gasteiger partial charge on any atom is -0.508 e. The number of carboxylic acid groups (broad SMARTS) is 1. The molecule has 0 heterocycles. The number of nitro groups is 2. The molecule has 4 N–H and O–H groups in total. The SMILES string of the molecule is CC(C)(C)C(=O)O.O=[N+]([O-])c1ccc(NN=C(c2ccc(O)cc2)c2ccc(O)cc2)c([N+](=O)[O-])c1. The van der Waals surface area contributed by atoms with E-state index in [0.717, 1.165) is 12.1 Å². The third-order valence-corrected chi connectivity index (χ3v) is 4.60. The minimum atomic E-state index is -0.757. The van der Waals surface area contributed by atoms with Crippen LogP contribution in [-0.2, 0) is 4.79 Å². The summed E-state index contributed by atoms with van der Waals surface area (Å²) in [4.78, 5) is 30.7. The Bertz CT molecular complexity index is 1230. The van der Waals surface area contributed by atoms with Crippen molar-refractivity contribution in [2.24, 2.45) is 10.5 Å². The maximum Gasteiger partial charge on any atom is 0.308 e. The van der Waals surface area contributed by atoms with E-state index in [9.17, 15) is 35.2 Å². The van der Waals surface area contributed by atoms with Crippen LogP contribution >= 0.6 is 0 Å². The fourth-order valence-electron chi connectivity index (χ4n) is 2.53. The van der Waals surface area contributed by atoms with Gasteiger partial charge in [0.15, 0.2) is 0 Å². The van der Waals surface area contributed by atoms with Crippen LogP contribution in [0, 0.1) is 25.6 Å². The van der Waals surface area contributed by atoms with Crippen LogP contribution in [0.4, 0.5) is 17.1 Å². The summed E-state index contributed by atoms with van der Waals surface area (Å²) in [7, 11) is 0. The second-order valence-corrected chi connectivity index (χ2v) is 8.44. The number of phenols is 2. The van der Waals surface area contributed by atoms with E-state index < -0.39 is 32.6 Å². The van der Waals surface area contributed by atoms with Crippen LogP contribution in [0.2, 0.25) is 0 Å². The predicted molar refractivity (Wildman–Crippen MR) is 132 cm³/mol. The molecule has 0 saturated carbocycles. The van der Waals surface area contributed by atoms with Gasteiger partial charge in [-0.15, -0.1) is 0 Å². The fourth-order valence-corrected chi connectivity index (χ4v) is 2.53. The molecule has 3 rings (SSSR count). The Morgan fingerprint density at radius 2 is 1.28 bits per heavy atom. The molecule has 0 bridgehead atoms. The topological polar surface area (TPSA) is 188 Å². The third kappa shape index (κ3) is 7.52. The monoisotopic (exact) mass is 496 g/mol. The molecule has 12 nitrogen and oxygen atoms in total. The molecule has 3 aromatic rings. The number of nitrogens with one attached hydrogen (secondary N) is 1. The van der Waals surface area contributed by atoms with E-state index >= 15 is 0 Å². The van der Waals surface area contributed by atoms with Crippen LogP contribution in [0.15, 0.2) is 71.8 Å². The number of hydrogen-bond acceptors (Lipinski definition) is 9. The molecule has 0 aliphatic carbocycles. The van der Waals surface area contributed by atoms with Crippen molar-refractivity contribution in [2.75, 3.05) is 5.43 Å². The van der Waals surface area contributed by atoms with Crippen LogP contribution in [0.25, 0.3) is 0 Å². The zero-order valence-electron chi connectivity index (χ0n) is 19.6. The second-order valence-electron chi connectivity index (χ2n) is 8.44. The standard InChI is InChI=1S/C19H14N4O6.C5H10O2/c24-15-6-1-12(2-7-15)19(13-3-8-16(25)9-4-13)21-20-17-10-5-14(22(26)27)11-18(17)23(28)29;1-5(2,3)4(6)7/h1-11,20,24-25H;1-3H3,(H,6,7). The van der Waals surface area contributed by atoms with E-state index in [4.69, 9.17) is 5.11 Å². The summed E-state index contributed by atoms with van der Waals surface area (Å²) < 4.78 is 0. The first kappa shape index (κ1) is 27.2. The lowest BCUT2D eigenvalue weighted by molar-refractivity contribution is -0.393. The van der Waals surface area contributed by atoms with Gasteiger partial charge in [0.05, 0.1) is 27.0 Å². The van der Waals surface area contributed by atoms with Crippen LogP contribution in [0.1, 0.15) is 31.9 Å². The molecule has 0 atom stereocenters. The highest BCUT2D eigenvalue weighted by molar-refractivity contribution is 6.13. The molecular weight excluding hydrogens is 472 g/mol. The van der Waals surface area contributed by atoms with E-state index in [1.165, 1.54) is 30.3 Å². The van der Waals surface area contributed by atoms with E-state index in [1.54, 1.807) is 45.0 Å². The highest BCUT2D eigenvalue weighted by Gasteiger charge is 2.20. The first-order valence-electron chi connectivity index (χ1n) is 10.4. The number of nitro benzene ring substituents is 2. The number of non-ortho nitro benzene ring substituents is 1. The molecular formula is C24H24N4O8. The Kier molecular flexibility index (Phi) is 8.64. The lowest BCUT2D eigenvalue weighted by Gasteiger charge is -2.09. The van der Waals surface area contributed by atoms with Gasteiger partial charge in [-0.1, -0.05) is 0 Å². The van der Waals surface area contributed by atoms with E-state index in [2.05, 4.69) is 10.5 Å². The molecule has 0 fully saturated rings. The first-order chi connectivity index (χ1) is 16.8. The van der Waals surface area contributed by atoms with Gasteiger partial charge in [-0.05, 0) is 75.4 Å². The second kappa shape index (κ2) is 11.4.